The molecular formula is C25H31N3O3. The van der Waals surface area contributed by atoms with Gasteiger partial charge in [-0.3, -0.25) is 4.79 Å². The molecule has 1 fully saturated rings. The van der Waals surface area contributed by atoms with Crippen molar-refractivity contribution in [1.82, 2.24) is 15.1 Å². The van der Waals surface area contributed by atoms with Gasteiger partial charge in [-0.1, -0.05) is 12.1 Å². The molecule has 31 heavy (non-hydrogen) atoms. The maximum atomic E-state index is 13.1. The molecule has 0 spiro atoms. The van der Waals surface area contributed by atoms with Crippen LogP contribution in [0.4, 0.5) is 0 Å². The zero-order valence-corrected chi connectivity index (χ0v) is 18.6. The van der Waals surface area contributed by atoms with E-state index in [1.807, 2.05) is 74.4 Å². The fraction of sp³-hybridized carbons (Fsp3) is 0.320. The van der Waals surface area contributed by atoms with E-state index >= 15 is 0 Å². The molecule has 0 amide bonds. The SMILES string of the molecule is CN(C)Cc1cc(/C=C2/CNC/C(=C\c3ccc(O)c(CN(C)C)c3)C2=O)ccc1O. The Morgan fingerprint density at radius 3 is 1.61 bits per heavy atom. The van der Waals surface area contributed by atoms with Crippen molar-refractivity contribution in [1.29, 1.82) is 0 Å². The number of nitrogens with zero attached hydrogens (tertiary/aromatic N) is 2. The Balaban J connectivity index is 1.86. The molecule has 0 unspecified atom stereocenters. The first kappa shape index (κ1) is 22.7. The highest BCUT2D eigenvalue weighted by molar-refractivity contribution is 6.14. The molecule has 0 aromatic heterocycles. The highest BCUT2D eigenvalue weighted by Crippen LogP contribution is 2.25. The summed E-state index contributed by atoms with van der Waals surface area (Å²) in [5.41, 5.74) is 4.79. The molecule has 3 N–H and O–H groups in total. The average molecular weight is 422 g/mol. The van der Waals surface area contributed by atoms with E-state index in [1.54, 1.807) is 12.1 Å². The van der Waals surface area contributed by atoms with Crippen molar-refractivity contribution in [2.24, 2.45) is 0 Å². The first-order valence-corrected chi connectivity index (χ1v) is 10.3. The number of hydrogen-bond donors (Lipinski definition) is 3. The summed E-state index contributed by atoms with van der Waals surface area (Å²) in [5, 5.41) is 23.5. The monoisotopic (exact) mass is 421 g/mol. The second-order valence-corrected chi connectivity index (χ2v) is 8.52. The number of carbonyl (C=O) groups excluding carboxylic acids is 1. The van der Waals surface area contributed by atoms with Crippen molar-refractivity contribution in [2.45, 2.75) is 13.1 Å². The minimum atomic E-state index is 0.0169. The van der Waals surface area contributed by atoms with Gasteiger partial charge >= 0.3 is 0 Å². The molecule has 1 saturated heterocycles. The largest absolute Gasteiger partial charge is 0.508 e. The Morgan fingerprint density at radius 2 is 1.23 bits per heavy atom. The van der Waals surface area contributed by atoms with Gasteiger partial charge in [0.05, 0.1) is 0 Å². The Morgan fingerprint density at radius 1 is 0.806 bits per heavy atom. The van der Waals surface area contributed by atoms with Crippen LogP contribution in [0.2, 0.25) is 0 Å². The van der Waals surface area contributed by atoms with E-state index in [2.05, 4.69) is 5.32 Å². The number of aromatic hydroxyl groups is 2. The van der Waals surface area contributed by atoms with Crippen molar-refractivity contribution in [3.63, 3.8) is 0 Å². The minimum absolute atomic E-state index is 0.0169. The quantitative estimate of drug-likeness (QED) is 0.623. The molecule has 2 aromatic rings. The first-order chi connectivity index (χ1) is 14.7. The molecule has 1 aliphatic heterocycles. The van der Waals surface area contributed by atoms with Gasteiger partial charge in [-0.05, 0) is 75.7 Å². The summed E-state index contributed by atoms with van der Waals surface area (Å²) in [6.45, 7) is 2.25. The van der Waals surface area contributed by atoms with E-state index in [4.69, 9.17) is 0 Å². The van der Waals surface area contributed by atoms with Crippen molar-refractivity contribution in [3.8, 4) is 11.5 Å². The van der Waals surface area contributed by atoms with Crippen LogP contribution in [0.25, 0.3) is 12.2 Å². The van der Waals surface area contributed by atoms with Crippen LogP contribution in [0, 0.1) is 0 Å². The fourth-order valence-electron chi connectivity index (χ4n) is 3.66. The first-order valence-electron chi connectivity index (χ1n) is 10.3. The topological polar surface area (TPSA) is 76.0 Å². The number of phenols is 2. The Labute approximate surface area is 184 Å². The van der Waals surface area contributed by atoms with Crippen LogP contribution in [0.15, 0.2) is 47.5 Å². The maximum Gasteiger partial charge on any atom is 0.187 e. The van der Waals surface area contributed by atoms with Gasteiger partial charge in [0.15, 0.2) is 5.78 Å². The number of carbonyl (C=O) groups is 1. The minimum Gasteiger partial charge on any atom is -0.508 e. The molecule has 1 heterocycles. The van der Waals surface area contributed by atoms with Crippen LogP contribution >= 0.6 is 0 Å². The van der Waals surface area contributed by atoms with Crippen LogP contribution in [-0.2, 0) is 17.9 Å². The smallest absolute Gasteiger partial charge is 0.187 e. The van der Waals surface area contributed by atoms with Crippen molar-refractivity contribution in [2.75, 3.05) is 41.3 Å². The molecule has 2 aromatic carbocycles. The van der Waals surface area contributed by atoms with Gasteiger partial charge in [-0.2, -0.15) is 0 Å². The lowest BCUT2D eigenvalue weighted by atomic mass is 9.95. The van der Waals surface area contributed by atoms with E-state index in [0.29, 0.717) is 37.3 Å². The number of ketones is 1. The van der Waals surface area contributed by atoms with Crippen molar-refractivity contribution >= 4 is 17.9 Å². The van der Waals surface area contributed by atoms with Gasteiger partial charge in [-0.15, -0.1) is 0 Å². The number of Topliss-reactive ketones (excluding diaryl/α,β-unsaturated/α-hetero) is 1. The van der Waals surface area contributed by atoms with Crippen LogP contribution in [-0.4, -0.2) is 67.1 Å². The molecule has 0 radical (unpaired) electrons. The summed E-state index contributed by atoms with van der Waals surface area (Å²) in [6, 6.07) is 10.8. The van der Waals surface area contributed by atoms with E-state index in [9.17, 15) is 15.0 Å². The molecule has 6 nitrogen and oxygen atoms in total. The molecule has 6 heteroatoms. The second kappa shape index (κ2) is 9.92. The zero-order chi connectivity index (χ0) is 22.5. The third kappa shape index (κ3) is 6.04. The number of benzene rings is 2. The van der Waals surface area contributed by atoms with Crippen LogP contribution in [0.3, 0.4) is 0 Å². The molecule has 0 atom stereocenters. The normalized spacial score (nSPS) is 17.3. The summed E-state index contributed by atoms with van der Waals surface area (Å²) in [7, 11) is 7.79. The second-order valence-electron chi connectivity index (χ2n) is 8.52. The van der Waals surface area contributed by atoms with Gasteiger partial charge in [0.2, 0.25) is 0 Å². The number of nitrogens with one attached hydrogen (secondary N) is 1. The standard InChI is InChI=1S/C25H31N3O3/c1-27(2)15-21-11-17(5-7-23(21)29)9-19-13-26-14-20(25(19)31)10-18-6-8-24(30)22(12-18)16-28(3)4/h5-12,26,29-30H,13-16H2,1-4H3/b19-9-,20-10+. The Hall–Kier alpha value is -2.93. The van der Waals surface area contributed by atoms with E-state index < -0.39 is 0 Å². The van der Waals surface area contributed by atoms with Crippen LogP contribution < -0.4 is 5.32 Å². The predicted octanol–water partition coefficient (Wildman–Crippen LogP) is 2.86. The molecule has 1 aliphatic rings. The van der Waals surface area contributed by atoms with E-state index in [0.717, 1.165) is 22.3 Å². The van der Waals surface area contributed by atoms with Crippen LogP contribution in [0.1, 0.15) is 22.3 Å². The number of piperidine rings is 1. The molecule has 164 valence electrons. The Kier molecular flexibility index (Phi) is 7.28. The predicted molar refractivity (Wildman–Crippen MR) is 125 cm³/mol. The third-order valence-corrected chi connectivity index (χ3v) is 5.08. The van der Waals surface area contributed by atoms with E-state index in [1.165, 1.54) is 0 Å². The summed E-state index contributed by atoms with van der Waals surface area (Å²) in [4.78, 5) is 17.1. The lowest BCUT2D eigenvalue weighted by molar-refractivity contribution is -0.112. The van der Waals surface area contributed by atoms with Gasteiger partial charge in [-0.25, -0.2) is 0 Å². The lowest BCUT2D eigenvalue weighted by Crippen LogP contribution is -2.32. The summed E-state index contributed by atoms with van der Waals surface area (Å²) in [5.74, 6) is 0.527. The molecule has 0 aliphatic carbocycles. The highest BCUT2D eigenvalue weighted by Gasteiger charge is 2.20. The highest BCUT2D eigenvalue weighted by atomic mass is 16.3. The van der Waals surface area contributed by atoms with Gasteiger partial charge in [0, 0.05) is 48.5 Å². The number of phenolic OH excluding ortho intramolecular Hbond substituents is 2. The van der Waals surface area contributed by atoms with Gasteiger partial charge in [0.1, 0.15) is 11.5 Å². The van der Waals surface area contributed by atoms with Crippen LogP contribution in [0.5, 0.6) is 11.5 Å². The lowest BCUT2D eigenvalue weighted by Gasteiger charge is -2.19. The summed E-state index contributed by atoms with van der Waals surface area (Å²) < 4.78 is 0. The summed E-state index contributed by atoms with van der Waals surface area (Å²) in [6.07, 6.45) is 3.77. The zero-order valence-electron chi connectivity index (χ0n) is 18.6. The number of hydrogen-bond acceptors (Lipinski definition) is 6. The van der Waals surface area contributed by atoms with Crippen molar-refractivity contribution in [3.05, 3.63) is 69.8 Å². The van der Waals surface area contributed by atoms with Gasteiger partial charge < -0.3 is 25.3 Å². The molecule has 0 saturated carbocycles. The van der Waals surface area contributed by atoms with E-state index in [-0.39, 0.29) is 17.3 Å². The number of rotatable bonds is 6. The maximum absolute atomic E-state index is 13.1. The third-order valence-electron chi connectivity index (χ3n) is 5.08. The van der Waals surface area contributed by atoms with Gasteiger partial charge in [0.25, 0.3) is 0 Å². The average Bonchev–Trinajstić information content (AvgIpc) is 2.69. The summed E-state index contributed by atoms with van der Waals surface area (Å²) >= 11 is 0. The van der Waals surface area contributed by atoms with Crippen molar-refractivity contribution < 1.29 is 15.0 Å². The fourth-order valence-corrected chi connectivity index (χ4v) is 3.66. The Bertz CT molecular complexity index is 943. The molecule has 0 bridgehead atoms. The molecule has 3 rings (SSSR count). The molecular weight excluding hydrogens is 390 g/mol.